The Hall–Kier alpha value is -3.43. The number of urea groups is 1. The third-order valence-electron chi connectivity index (χ3n) is 7.35. The quantitative estimate of drug-likeness (QED) is 0.203. The predicted molar refractivity (Wildman–Crippen MR) is 151 cm³/mol. The highest BCUT2D eigenvalue weighted by atomic mass is 35.5. The Bertz CT molecular complexity index is 1390. The third-order valence-corrected chi connectivity index (χ3v) is 7.75. The summed E-state index contributed by atoms with van der Waals surface area (Å²) in [6, 6.07) is 3.77. The summed E-state index contributed by atoms with van der Waals surface area (Å²) in [5.41, 5.74) is 15.6. The first-order valence-corrected chi connectivity index (χ1v) is 13.8. The number of carbonyl (C=O) groups is 1. The van der Waals surface area contributed by atoms with Crippen molar-refractivity contribution in [3.05, 3.63) is 34.6 Å². The molecule has 8 N–H and O–H groups in total. The van der Waals surface area contributed by atoms with Gasteiger partial charge in [-0.05, 0) is 30.5 Å². The van der Waals surface area contributed by atoms with Crippen LogP contribution < -0.4 is 37.6 Å². The lowest BCUT2D eigenvalue weighted by molar-refractivity contribution is -0.000447. The van der Waals surface area contributed by atoms with Crippen LogP contribution in [0.1, 0.15) is 24.1 Å². The minimum atomic E-state index is -0.245. The number of benzene rings is 1. The second-order valence-corrected chi connectivity index (χ2v) is 10.7. The minimum Gasteiger partial charge on any atom is -0.377 e. The van der Waals surface area contributed by atoms with Gasteiger partial charge in [-0.25, -0.2) is 14.3 Å². The van der Waals surface area contributed by atoms with Gasteiger partial charge in [-0.1, -0.05) is 11.6 Å². The van der Waals surface area contributed by atoms with E-state index in [2.05, 4.69) is 36.2 Å². The summed E-state index contributed by atoms with van der Waals surface area (Å²) in [6.07, 6.45) is 3.65. The number of nitrogens with one attached hydrogen (secondary N) is 4. The van der Waals surface area contributed by atoms with Gasteiger partial charge >= 0.3 is 6.03 Å². The number of ether oxygens (including phenoxy) is 2. The second kappa shape index (κ2) is 11.2. The predicted octanol–water partition coefficient (Wildman–Crippen LogP) is 0.915. The standard InChI is InChI=1S/C25H34ClN11O3/c1-39-20-10-36(9-18(20)33-25(38)31-15-11-40-12-15)19-5-13(6-27)4-17(21(19)26)32-24-34-22(30-14-2-3-14)23-29-8-16(7-28)37(23)35-24/h4-5,8,14-15,18,20H,2-3,6-7,9-12,27-28H2,1H3,(H2,31,33,38)(H2,30,32,34,35)/t18-,20+/m0/s1. The number of amides is 2. The zero-order valence-corrected chi connectivity index (χ0v) is 22.9. The maximum atomic E-state index is 12.5. The van der Waals surface area contributed by atoms with Crippen LogP contribution >= 0.6 is 11.6 Å². The Kier molecular flexibility index (Phi) is 7.51. The summed E-state index contributed by atoms with van der Waals surface area (Å²) in [4.78, 5) is 23.8. The van der Waals surface area contributed by atoms with Crippen LogP contribution in [0.3, 0.4) is 0 Å². The lowest BCUT2D eigenvalue weighted by Gasteiger charge is -2.28. The second-order valence-electron chi connectivity index (χ2n) is 10.3. The molecule has 0 spiro atoms. The smallest absolute Gasteiger partial charge is 0.315 e. The molecule has 2 atom stereocenters. The fraction of sp³-hybridized carbons (Fsp3) is 0.520. The average Bonchev–Trinajstić information content (AvgIpc) is 3.50. The molecule has 0 radical (unpaired) electrons. The van der Waals surface area contributed by atoms with Gasteiger partial charge in [0.05, 0.1) is 59.7 Å². The van der Waals surface area contributed by atoms with Gasteiger partial charge in [0.15, 0.2) is 11.5 Å². The number of anilines is 4. The van der Waals surface area contributed by atoms with Crippen LogP contribution in [0.15, 0.2) is 18.3 Å². The first kappa shape index (κ1) is 26.8. The summed E-state index contributed by atoms with van der Waals surface area (Å²) in [5.74, 6) is 0.979. The SMILES string of the molecule is CO[C@@H]1CN(c2cc(CN)cc(Nc3nc(NC4CC4)c4ncc(CN)n4n3)c2Cl)C[C@@H]1NC(=O)NC1COC1. The van der Waals surface area contributed by atoms with Crippen LogP contribution in [0.2, 0.25) is 5.02 Å². The van der Waals surface area contributed by atoms with Gasteiger partial charge in [-0.2, -0.15) is 4.98 Å². The molecule has 3 aromatic rings. The molecule has 14 nitrogen and oxygen atoms in total. The largest absolute Gasteiger partial charge is 0.377 e. The van der Waals surface area contributed by atoms with Crippen LogP contribution in [0, 0.1) is 0 Å². The van der Waals surface area contributed by atoms with E-state index in [0.717, 1.165) is 29.8 Å². The van der Waals surface area contributed by atoms with Crippen molar-refractivity contribution < 1.29 is 14.3 Å². The Labute approximate surface area is 236 Å². The molecule has 0 bridgehead atoms. The highest BCUT2D eigenvalue weighted by Gasteiger charge is 2.36. The first-order valence-electron chi connectivity index (χ1n) is 13.4. The van der Waals surface area contributed by atoms with Gasteiger partial charge in [0.1, 0.15) is 0 Å². The van der Waals surface area contributed by atoms with E-state index in [1.54, 1.807) is 17.8 Å². The van der Waals surface area contributed by atoms with E-state index < -0.39 is 0 Å². The van der Waals surface area contributed by atoms with E-state index in [-0.39, 0.29) is 30.8 Å². The molecule has 2 aromatic heterocycles. The van der Waals surface area contributed by atoms with Gasteiger partial charge in [0.2, 0.25) is 5.95 Å². The third kappa shape index (κ3) is 5.45. The van der Waals surface area contributed by atoms with Crippen molar-refractivity contribution in [3.8, 4) is 0 Å². The maximum absolute atomic E-state index is 12.5. The lowest BCUT2D eigenvalue weighted by Crippen LogP contribution is -2.55. The van der Waals surface area contributed by atoms with Crippen LogP contribution in [0.25, 0.3) is 5.65 Å². The Morgan fingerprint density at radius 1 is 1.18 bits per heavy atom. The van der Waals surface area contributed by atoms with Crippen molar-refractivity contribution in [1.29, 1.82) is 0 Å². The number of rotatable bonds is 10. The molecule has 1 aliphatic carbocycles. The van der Waals surface area contributed by atoms with Crippen LogP contribution in [0.4, 0.5) is 27.9 Å². The number of carbonyl (C=O) groups excluding carboxylic acids is 1. The molecular formula is C25H34ClN11O3. The van der Waals surface area contributed by atoms with E-state index in [1.807, 2.05) is 12.1 Å². The van der Waals surface area contributed by atoms with Crippen molar-refractivity contribution in [2.75, 3.05) is 48.9 Å². The molecule has 214 valence electrons. The van der Waals surface area contributed by atoms with E-state index in [4.69, 9.17) is 37.5 Å². The summed E-state index contributed by atoms with van der Waals surface area (Å²) in [7, 11) is 1.64. The molecule has 3 fully saturated rings. The van der Waals surface area contributed by atoms with E-state index in [0.29, 0.717) is 67.0 Å². The number of methoxy groups -OCH3 is 1. The molecule has 6 rings (SSSR count). The molecular weight excluding hydrogens is 538 g/mol. The van der Waals surface area contributed by atoms with Crippen molar-refractivity contribution in [2.45, 2.75) is 50.2 Å². The number of imidazole rings is 1. The van der Waals surface area contributed by atoms with Crippen molar-refractivity contribution in [2.24, 2.45) is 11.5 Å². The topological polar surface area (TPSA) is 182 Å². The molecule has 40 heavy (non-hydrogen) atoms. The summed E-state index contributed by atoms with van der Waals surface area (Å²) >= 11 is 6.99. The fourth-order valence-corrected chi connectivity index (χ4v) is 5.20. The number of fused-ring (bicyclic) bond motifs is 1. The normalized spacial score (nSPS) is 20.9. The van der Waals surface area contributed by atoms with Gasteiger partial charge < -0.3 is 47.1 Å². The Morgan fingerprint density at radius 3 is 2.67 bits per heavy atom. The number of nitrogens with two attached hydrogens (primary N) is 2. The number of hydrogen-bond donors (Lipinski definition) is 6. The van der Waals surface area contributed by atoms with E-state index in [1.165, 1.54) is 0 Å². The minimum absolute atomic E-state index is 0.0347. The van der Waals surface area contributed by atoms with Gasteiger partial charge in [0, 0.05) is 39.3 Å². The van der Waals surface area contributed by atoms with Crippen LogP contribution in [-0.2, 0) is 22.6 Å². The first-order chi connectivity index (χ1) is 19.4. The number of hydrogen-bond acceptors (Lipinski definition) is 11. The highest BCUT2D eigenvalue weighted by Crippen LogP contribution is 2.38. The molecule has 4 heterocycles. The summed E-state index contributed by atoms with van der Waals surface area (Å²) in [6.45, 7) is 2.68. The monoisotopic (exact) mass is 571 g/mol. The van der Waals surface area contributed by atoms with Crippen molar-refractivity contribution in [1.82, 2.24) is 30.2 Å². The highest BCUT2D eigenvalue weighted by molar-refractivity contribution is 6.36. The zero-order valence-electron chi connectivity index (χ0n) is 22.2. The molecule has 3 aliphatic rings. The van der Waals surface area contributed by atoms with E-state index in [9.17, 15) is 4.79 Å². The maximum Gasteiger partial charge on any atom is 0.315 e. The molecule has 1 saturated carbocycles. The fourth-order valence-electron chi connectivity index (χ4n) is 4.93. The molecule has 2 aliphatic heterocycles. The summed E-state index contributed by atoms with van der Waals surface area (Å²) in [5, 5.41) is 17.8. The number of halogens is 1. The van der Waals surface area contributed by atoms with Crippen molar-refractivity contribution >= 4 is 46.4 Å². The molecule has 0 unspecified atom stereocenters. The number of nitrogens with zero attached hydrogens (tertiary/aromatic N) is 5. The summed E-state index contributed by atoms with van der Waals surface area (Å²) < 4.78 is 12.5. The van der Waals surface area contributed by atoms with Gasteiger partial charge in [-0.3, -0.25) is 0 Å². The van der Waals surface area contributed by atoms with Crippen LogP contribution in [-0.4, -0.2) is 83.3 Å². The van der Waals surface area contributed by atoms with Crippen LogP contribution in [0.5, 0.6) is 0 Å². The molecule has 15 heteroatoms. The average molecular weight is 572 g/mol. The zero-order chi connectivity index (χ0) is 27.8. The van der Waals surface area contributed by atoms with E-state index >= 15 is 0 Å². The Balaban J connectivity index is 1.26. The number of aromatic nitrogens is 4. The molecule has 1 aromatic carbocycles. The lowest BCUT2D eigenvalue weighted by atomic mass is 10.1. The molecule has 2 amide bonds. The molecule has 2 saturated heterocycles. The van der Waals surface area contributed by atoms with Crippen molar-refractivity contribution in [3.63, 3.8) is 0 Å². The Morgan fingerprint density at radius 2 is 2.00 bits per heavy atom. The van der Waals surface area contributed by atoms with Gasteiger partial charge in [0.25, 0.3) is 0 Å². The van der Waals surface area contributed by atoms with Gasteiger partial charge in [-0.15, -0.1) is 5.10 Å².